The first kappa shape index (κ1) is 21.0. The number of hydrogen-bond acceptors (Lipinski definition) is 2. The number of hydrogen-bond donors (Lipinski definition) is 2. The van der Waals surface area contributed by atoms with E-state index in [1.165, 1.54) is 12.1 Å². The van der Waals surface area contributed by atoms with Crippen molar-refractivity contribution >= 4 is 17.5 Å². The molecule has 150 valence electrons. The van der Waals surface area contributed by atoms with E-state index in [-0.39, 0.29) is 18.3 Å². The molecule has 3 nitrogen and oxygen atoms in total. The molecule has 0 aliphatic carbocycles. The number of carbonyl (C=O) groups is 1. The van der Waals surface area contributed by atoms with Crippen molar-refractivity contribution in [2.75, 3.05) is 0 Å². The minimum atomic E-state index is -0.293. The molecule has 0 unspecified atom stereocenters. The first-order valence-electron chi connectivity index (χ1n) is 9.33. The largest absolute Gasteiger partial charge is 0.392 e. The van der Waals surface area contributed by atoms with Gasteiger partial charge in [0, 0.05) is 17.1 Å². The maximum absolute atomic E-state index is 13.7. The van der Waals surface area contributed by atoms with E-state index in [0.29, 0.717) is 22.7 Å². The lowest BCUT2D eigenvalue weighted by atomic mass is 9.93. The predicted molar refractivity (Wildman–Crippen MR) is 115 cm³/mol. The number of benzene rings is 3. The van der Waals surface area contributed by atoms with Crippen LogP contribution in [0.15, 0.2) is 48.5 Å². The molecule has 0 saturated carbocycles. The quantitative estimate of drug-likeness (QED) is 0.583. The Morgan fingerprint density at radius 2 is 1.66 bits per heavy atom. The van der Waals surface area contributed by atoms with Gasteiger partial charge in [0.25, 0.3) is 5.91 Å². The maximum atomic E-state index is 13.7. The summed E-state index contributed by atoms with van der Waals surface area (Å²) in [6, 6.07) is 13.8. The summed E-state index contributed by atoms with van der Waals surface area (Å²) in [6.07, 6.45) is 0. The summed E-state index contributed by atoms with van der Waals surface area (Å²) in [6.45, 7) is 5.76. The molecule has 0 heterocycles. The van der Waals surface area contributed by atoms with Crippen molar-refractivity contribution in [3.8, 4) is 11.1 Å². The third kappa shape index (κ3) is 4.84. The molecular formula is C24H23ClFNO2. The fraction of sp³-hybridized carbons (Fsp3) is 0.208. The van der Waals surface area contributed by atoms with Gasteiger partial charge < -0.3 is 10.4 Å². The summed E-state index contributed by atoms with van der Waals surface area (Å²) in [5.41, 5.74) is 6.16. The summed E-state index contributed by atoms with van der Waals surface area (Å²) in [7, 11) is 0. The molecule has 0 aromatic heterocycles. The van der Waals surface area contributed by atoms with Crippen molar-refractivity contribution in [1.29, 1.82) is 0 Å². The lowest BCUT2D eigenvalue weighted by Crippen LogP contribution is -2.23. The molecule has 0 aliphatic heterocycles. The van der Waals surface area contributed by atoms with E-state index >= 15 is 0 Å². The lowest BCUT2D eigenvalue weighted by Gasteiger charge is -2.14. The van der Waals surface area contributed by atoms with Crippen molar-refractivity contribution < 1.29 is 14.3 Å². The molecule has 0 atom stereocenters. The van der Waals surface area contributed by atoms with Crippen LogP contribution in [-0.4, -0.2) is 11.0 Å². The molecule has 3 rings (SSSR count). The van der Waals surface area contributed by atoms with Crippen molar-refractivity contribution in [2.45, 2.75) is 33.9 Å². The minimum Gasteiger partial charge on any atom is -0.392 e. The van der Waals surface area contributed by atoms with Crippen LogP contribution < -0.4 is 5.32 Å². The van der Waals surface area contributed by atoms with E-state index in [1.54, 1.807) is 12.1 Å². The molecular weight excluding hydrogens is 389 g/mol. The molecule has 2 N–H and O–H groups in total. The van der Waals surface area contributed by atoms with Gasteiger partial charge in [0.15, 0.2) is 0 Å². The number of aliphatic hydroxyl groups is 1. The average Bonchev–Trinajstić information content (AvgIpc) is 2.67. The highest BCUT2D eigenvalue weighted by atomic mass is 35.5. The molecule has 0 saturated heterocycles. The SMILES string of the molecule is Cc1cc(CNC(=O)c2cc(CO)cc(-c3c(C)cc(F)cc3C)c2)ccc1Cl. The standard InChI is InChI=1S/C24H23ClFNO2/c1-14-6-17(4-5-22(14)25)12-27-24(29)20-10-18(13-28)9-19(11-20)23-15(2)7-21(26)8-16(23)3/h4-11,28H,12-13H2,1-3H3,(H,27,29). The second kappa shape index (κ2) is 8.76. The van der Waals surface area contributed by atoms with Crippen molar-refractivity contribution in [1.82, 2.24) is 5.32 Å². The zero-order valence-electron chi connectivity index (χ0n) is 16.6. The molecule has 0 fully saturated rings. The van der Waals surface area contributed by atoms with Crippen LogP contribution in [0, 0.1) is 26.6 Å². The van der Waals surface area contributed by atoms with E-state index in [4.69, 9.17) is 11.6 Å². The number of amides is 1. The second-order valence-electron chi connectivity index (χ2n) is 7.26. The highest BCUT2D eigenvalue weighted by Gasteiger charge is 2.13. The molecule has 5 heteroatoms. The first-order valence-corrected chi connectivity index (χ1v) is 9.71. The number of carbonyl (C=O) groups excluding carboxylic acids is 1. The van der Waals surface area contributed by atoms with E-state index in [1.807, 2.05) is 45.0 Å². The fourth-order valence-electron chi connectivity index (χ4n) is 3.53. The van der Waals surface area contributed by atoms with Crippen LogP contribution >= 0.6 is 11.6 Å². The average molecular weight is 412 g/mol. The van der Waals surface area contributed by atoms with Gasteiger partial charge in [-0.2, -0.15) is 0 Å². The molecule has 0 spiro atoms. The number of rotatable bonds is 5. The summed E-state index contributed by atoms with van der Waals surface area (Å²) >= 11 is 6.05. The molecule has 0 aliphatic rings. The summed E-state index contributed by atoms with van der Waals surface area (Å²) in [4.78, 5) is 12.8. The van der Waals surface area contributed by atoms with E-state index in [9.17, 15) is 14.3 Å². The Bertz CT molecular complexity index is 1060. The third-order valence-electron chi connectivity index (χ3n) is 4.90. The van der Waals surface area contributed by atoms with Crippen LogP contribution in [0.5, 0.6) is 0 Å². The van der Waals surface area contributed by atoms with Crippen molar-refractivity contribution in [3.63, 3.8) is 0 Å². The van der Waals surface area contributed by atoms with Gasteiger partial charge in [-0.15, -0.1) is 0 Å². The Labute approximate surface area is 175 Å². The topological polar surface area (TPSA) is 49.3 Å². The Kier molecular flexibility index (Phi) is 6.36. The van der Waals surface area contributed by atoms with Gasteiger partial charge in [-0.1, -0.05) is 23.7 Å². The second-order valence-corrected chi connectivity index (χ2v) is 7.66. The number of nitrogens with one attached hydrogen (secondary N) is 1. The fourth-order valence-corrected chi connectivity index (χ4v) is 3.64. The summed E-state index contributed by atoms with van der Waals surface area (Å²) in [5.74, 6) is -0.537. The van der Waals surface area contributed by atoms with Crippen LogP contribution in [0.25, 0.3) is 11.1 Å². The first-order chi connectivity index (χ1) is 13.8. The molecule has 3 aromatic carbocycles. The van der Waals surface area contributed by atoms with Crippen LogP contribution in [-0.2, 0) is 13.2 Å². The molecule has 29 heavy (non-hydrogen) atoms. The van der Waals surface area contributed by atoms with Gasteiger partial charge in [0.05, 0.1) is 6.61 Å². The zero-order valence-corrected chi connectivity index (χ0v) is 17.4. The molecule has 1 amide bonds. The van der Waals surface area contributed by atoms with Gasteiger partial charge >= 0.3 is 0 Å². The smallest absolute Gasteiger partial charge is 0.251 e. The van der Waals surface area contributed by atoms with Crippen molar-refractivity contribution in [2.24, 2.45) is 0 Å². The van der Waals surface area contributed by atoms with Gasteiger partial charge in [-0.05, 0) is 96.1 Å². The minimum absolute atomic E-state index is 0.191. The van der Waals surface area contributed by atoms with Gasteiger partial charge in [-0.3, -0.25) is 4.79 Å². The molecule has 3 aromatic rings. The van der Waals surface area contributed by atoms with Crippen molar-refractivity contribution in [3.05, 3.63) is 92.8 Å². The molecule has 0 radical (unpaired) electrons. The maximum Gasteiger partial charge on any atom is 0.251 e. The Morgan fingerprint density at radius 1 is 0.966 bits per heavy atom. The van der Waals surface area contributed by atoms with E-state index < -0.39 is 0 Å². The number of aliphatic hydroxyl groups excluding tert-OH is 1. The van der Waals surface area contributed by atoms with E-state index in [2.05, 4.69) is 5.32 Å². The Balaban J connectivity index is 1.90. The monoisotopic (exact) mass is 411 g/mol. The lowest BCUT2D eigenvalue weighted by molar-refractivity contribution is 0.0950. The number of halogens is 2. The summed E-state index contributed by atoms with van der Waals surface area (Å²) in [5, 5.41) is 13.3. The van der Waals surface area contributed by atoms with Crippen LogP contribution in [0.1, 0.15) is 38.2 Å². The van der Waals surface area contributed by atoms with Gasteiger partial charge in [-0.25, -0.2) is 4.39 Å². The predicted octanol–water partition coefficient (Wildman–Crippen LogP) is 5.49. The Morgan fingerprint density at radius 3 is 2.28 bits per heavy atom. The third-order valence-corrected chi connectivity index (χ3v) is 5.32. The van der Waals surface area contributed by atoms with E-state index in [0.717, 1.165) is 33.4 Å². The highest BCUT2D eigenvalue weighted by molar-refractivity contribution is 6.31. The summed E-state index contributed by atoms with van der Waals surface area (Å²) < 4.78 is 13.7. The van der Waals surface area contributed by atoms with Crippen LogP contribution in [0.2, 0.25) is 5.02 Å². The highest BCUT2D eigenvalue weighted by Crippen LogP contribution is 2.30. The zero-order chi connectivity index (χ0) is 21.1. The number of aryl methyl sites for hydroxylation is 3. The Hall–Kier alpha value is -2.69. The normalized spacial score (nSPS) is 10.8. The van der Waals surface area contributed by atoms with Gasteiger partial charge in [0.1, 0.15) is 5.82 Å². The van der Waals surface area contributed by atoms with Gasteiger partial charge in [0.2, 0.25) is 0 Å². The molecule has 0 bridgehead atoms. The van der Waals surface area contributed by atoms with Crippen LogP contribution in [0.3, 0.4) is 0 Å². The van der Waals surface area contributed by atoms with Crippen LogP contribution in [0.4, 0.5) is 4.39 Å².